The molecule has 0 bridgehead atoms. The number of alkyl carbamates (subject to hydrolysis) is 1. The standard InChI is InChI=1S/C13H15N3O2/c1-10-12(8-15-16-10)7-14-13(17)18-9-11-5-3-2-4-6-11/h2-6,8H,7,9H2,1H3,(H,14,17)(H,15,16). The number of amides is 1. The van der Waals surface area contributed by atoms with Crippen molar-refractivity contribution in [1.29, 1.82) is 0 Å². The van der Waals surface area contributed by atoms with Crippen LogP contribution in [0.1, 0.15) is 16.8 Å². The third-order valence-electron chi connectivity index (χ3n) is 2.57. The maximum atomic E-state index is 11.5. The average molecular weight is 245 g/mol. The number of carbonyl (C=O) groups is 1. The van der Waals surface area contributed by atoms with Gasteiger partial charge in [-0.2, -0.15) is 5.10 Å². The average Bonchev–Trinajstić information content (AvgIpc) is 2.81. The molecule has 2 rings (SSSR count). The molecule has 0 aliphatic carbocycles. The van der Waals surface area contributed by atoms with E-state index in [1.807, 2.05) is 37.3 Å². The number of aromatic nitrogens is 2. The summed E-state index contributed by atoms with van der Waals surface area (Å²) in [4.78, 5) is 11.5. The minimum Gasteiger partial charge on any atom is -0.445 e. The van der Waals surface area contributed by atoms with Crippen LogP contribution in [0.4, 0.5) is 4.79 Å². The zero-order valence-electron chi connectivity index (χ0n) is 10.1. The van der Waals surface area contributed by atoms with Crippen molar-refractivity contribution in [3.05, 3.63) is 53.3 Å². The summed E-state index contributed by atoms with van der Waals surface area (Å²) in [6.07, 6.45) is 1.26. The fourth-order valence-electron chi connectivity index (χ4n) is 1.50. The molecule has 0 spiro atoms. The van der Waals surface area contributed by atoms with Gasteiger partial charge < -0.3 is 10.1 Å². The second-order valence-corrected chi connectivity index (χ2v) is 3.94. The summed E-state index contributed by atoms with van der Waals surface area (Å²) >= 11 is 0. The van der Waals surface area contributed by atoms with Gasteiger partial charge in [0.15, 0.2) is 0 Å². The number of carbonyl (C=O) groups excluding carboxylic acids is 1. The molecule has 0 saturated carbocycles. The van der Waals surface area contributed by atoms with Crippen LogP contribution in [0.3, 0.4) is 0 Å². The highest BCUT2D eigenvalue weighted by Gasteiger charge is 2.05. The first-order valence-corrected chi connectivity index (χ1v) is 5.69. The lowest BCUT2D eigenvalue weighted by atomic mass is 10.2. The highest BCUT2D eigenvalue weighted by Crippen LogP contribution is 2.03. The maximum Gasteiger partial charge on any atom is 0.407 e. The van der Waals surface area contributed by atoms with Crippen molar-refractivity contribution in [1.82, 2.24) is 15.5 Å². The third-order valence-corrected chi connectivity index (χ3v) is 2.57. The Bertz CT molecular complexity index is 508. The summed E-state index contributed by atoms with van der Waals surface area (Å²) in [6.45, 7) is 2.59. The minimum atomic E-state index is -0.431. The van der Waals surface area contributed by atoms with Crippen LogP contribution < -0.4 is 5.32 Å². The monoisotopic (exact) mass is 245 g/mol. The molecule has 1 aromatic carbocycles. The number of ether oxygens (including phenoxy) is 1. The number of benzene rings is 1. The Hall–Kier alpha value is -2.30. The summed E-state index contributed by atoms with van der Waals surface area (Å²) in [5.74, 6) is 0. The van der Waals surface area contributed by atoms with Crippen molar-refractivity contribution in [3.8, 4) is 0 Å². The lowest BCUT2D eigenvalue weighted by Gasteiger charge is -2.06. The first-order chi connectivity index (χ1) is 8.75. The molecule has 0 aliphatic heterocycles. The molecule has 0 aliphatic rings. The largest absolute Gasteiger partial charge is 0.445 e. The zero-order valence-corrected chi connectivity index (χ0v) is 10.1. The van der Waals surface area contributed by atoms with Gasteiger partial charge in [-0.25, -0.2) is 4.79 Å². The van der Waals surface area contributed by atoms with Crippen molar-refractivity contribution in [2.45, 2.75) is 20.1 Å². The van der Waals surface area contributed by atoms with Gasteiger partial charge in [0.25, 0.3) is 0 Å². The van der Waals surface area contributed by atoms with Gasteiger partial charge in [0.1, 0.15) is 6.61 Å². The Labute approximate surface area is 105 Å². The van der Waals surface area contributed by atoms with Crippen LogP contribution >= 0.6 is 0 Å². The number of nitrogens with zero attached hydrogens (tertiary/aromatic N) is 1. The summed E-state index contributed by atoms with van der Waals surface area (Å²) in [7, 11) is 0. The Morgan fingerprint density at radius 1 is 1.39 bits per heavy atom. The summed E-state index contributed by atoms with van der Waals surface area (Å²) in [5.41, 5.74) is 2.86. The Morgan fingerprint density at radius 3 is 2.83 bits per heavy atom. The lowest BCUT2D eigenvalue weighted by Crippen LogP contribution is -2.23. The molecule has 94 valence electrons. The molecular weight excluding hydrogens is 230 g/mol. The van der Waals surface area contributed by atoms with Crippen molar-refractivity contribution in [3.63, 3.8) is 0 Å². The van der Waals surface area contributed by atoms with Gasteiger partial charge in [-0.3, -0.25) is 5.10 Å². The normalized spacial score (nSPS) is 10.1. The van der Waals surface area contributed by atoms with Gasteiger partial charge in [-0.15, -0.1) is 0 Å². The molecule has 5 heteroatoms. The molecule has 18 heavy (non-hydrogen) atoms. The van der Waals surface area contributed by atoms with Crippen molar-refractivity contribution in [2.75, 3.05) is 0 Å². The highest BCUT2D eigenvalue weighted by atomic mass is 16.5. The van der Waals surface area contributed by atoms with Crippen molar-refractivity contribution >= 4 is 6.09 Å². The zero-order chi connectivity index (χ0) is 12.8. The molecule has 2 aromatic rings. The lowest BCUT2D eigenvalue weighted by molar-refractivity contribution is 0.139. The number of hydrogen-bond acceptors (Lipinski definition) is 3. The topological polar surface area (TPSA) is 67.0 Å². The van der Waals surface area contributed by atoms with E-state index < -0.39 is 6.09 Å². The molecule has 0 unspecified atom stereocenters. The smallest absolute Gasteiger partial charge is 0.407 e. The molecule has 0 saturated heterocycles. The number of nitrogens with one attached hydrogen (secondary N) is 2. The molecule has 0 fully saturated rings. The van der Waals surface area contributed by atoms with E-state index in [4.69, 9.17) is 4.74 Å². The van der Waals surface area contributed by atoms with Crippen LogP contribution in [0, 0.1) is 6.92 Å². The summed E-state index contributed by atoms with van der Waals surface area (Å²) < 4.78 is 5.09. The van der Waals surface area contributed by atoms with Crippen molar-refractivity contribution in [2.24, 2.45) is 0 Å². The maximum absolute atomic E-state index is 11.5. The van der Waals surface area contributed by atoms with Crippen LogP contribution in [-0.2, 0) is 17.9 Å². The highest BCUT2D eigenvalue weighted by molar-refractivity contribution is 5.67. The van der Waals surface area contributed by atoms with Gasteiger partial charge in [0.05, 0.1) is 6.20 Å². The van der Waals surface area contributed by atoms with E-state index in [0.29, 0.717) is 6.54 Å². The third kappa shape index (κ3) is 3.35. The van der Waals surface area contributed by atoms with Crippen LogP contribution in [0.2, 0.25) is 0 Å². The second-order valence-electron chi connectivity index (χ2n) is 3.94. The first kappa shape index (κ1) is 12.2. The van der Waals surface area contributed by atoms with E-state index in [2.05, 4.69) is 15.5 Å². The molecular formula is C13H15N3O2. The minimum absolute atomic E-state index is 0.275. The number of H-pyrrole nitrogens is 1. The Balaban J connectivity index is 1.75. The van der Waals surface area contributed by atoms with E-state index in [9.17, 15) is 4.79 Å². The summed E-state index contributed by atoms with van der Waals surface area (Å²) in [5, 5.41) is 9.36. The van der Waals surface area contributed by atoms with E-state index in [1.54, 1.807) is 6.20 Å². The van der Waals surface area contributed by atoms with Gasteiger partial charge in [0, 0.05) is 17.8 Å². The number of hydrogen-bond donors (Lipinski definition) is 2. The van der Waals surface area contributed by atoms with Crippen LogP contribution in [0.15, 0.2) is 36.5 Å². The Morgan fingerprint density at radius 2 is 2.17 bits per heavy atom. The number of rotatable bonds is 4. The molecule has 0 radical (unpaired) electrons. The second kappa shape index (κ2) is 5.86. The fourth-order valence-corrected chi connectivity index (χ4v) is 1.50. The Kier molecular flexibility index (Phi) is 3.96. The van der Waals surface area contributed by atoms with Crippen molar-refractivity contribution < 1.29 is 9.53 Å². The molecule has 1 heterocycles. The molecule has 5 nitrogen and oxygen atoms in total. The van der Waals surface area contributed by atoms with Crippen LogP contribution in [-0.4, -0.2) is 16.3 Å². The SMILES string of the molecule is Cc1[nH]ncc1CNC(=O)OCc1ccccc1. The first-order valence-electron chi connectivity index (χ1n) is 5.69. The van der Waals surface area contributed by atoms with Crippen LogP contribution in [0.5, 0.6) is 0 Å². The number of aryl methyl sites for hydroxylation is 1. The van der Waals surface area contributed by atoms with E-state index >= 15 is 0 Å². The predicted octanol–water partition coefficient (Wildman–Crippen LogP) is 2.14. The van der Waals surface area contributed by atoms with E-state index in [1.165, 1.54) is 0 Å². The quantitative estimate of drug-likeness (QED) is 0.867. The molecule has 0 atom stereocenters. The number of aromatic amines is 1. The predicted molar refractivity (Wildman–Crippen MR) is 66.8 cm³/mol. The van der Waals surface area contributed by atoms with Gasteiger partial charge in [-0.1, -0.05) is 30.3 Å². The van der Waals surface area contributed by atoms with E-state index in [-0.39, 0.29) is 6.61 Å². The van der Waals surface area contributed by atoms with Crippen LogP contribution in [0.25, 0.3) is 0 Å². The molecule has 2 N–H and O–H groups in total. The summed E-state index contributed by atoms with van der Waals surface area (Å²) in [6, 6.07) is 9.56. The van der Waals surface area contributed by atoms with E-state index in [0.717, 1.165) is 16.8 Å². The molecule has 1 aromatic heterocycles. The fraction of sp³-hybridized carbons (Fsp3) is 0.231. The van der Waals surface area contributed by atoms with Gasteiger partial charge in [0.2, 0.25) is 0 Å². The van der Waals surface area contributed by atoms with Gasteiger partial charge >= 0.3 is 6.09 Å². The molecule has 1 amide bonds. The van der Waals surface area contributed by atoms with Gasteiger partial charge in [-0.05, 0) is 12.5 Å².